The lowest BCUT2D eigenvalue weighted by Gasteiger charge is -2.22. The lowest BCUT2D eigenvalue weighted by Crippen LogP contribution is -2.36. The first-order chi connectivity index (χ1) is 16.7. The van der Waals surface area contributed by atoms with Gasteiger partial charge in [-0.15, -0.1) is 0 Å². The Morgan fingerprint density at radius 2 is 1.44 bits per heavy atom. The van der Waals surface area contributed by atoms with Crippen LogP contribution in [0.3, 0.4) is 0 Å². The monoisotopic (exact) mass is 457 g/mol. The summed E-state index contributed by atoms with van der Waals surface area (Å²) in [5.41, 5.74) is 4.62. The van der Waals surface area contributed by atoms with Crippen molar-refractivity contribution in [3.63, 3.8) is 0 Å². The maximum atomic E-state index is 12.7. The van der Waals surface area contributed by atoms with Crippen LogP contribution in [0.25, 0.3) is 22.2 Å². The van der Waals surface area contributed by atoms with E-state index >= 15 is 0 Å². The molecule has 5 rings (SSSR count). The number of carbonyl (C=O) groups is 2. The van der Waals surface area contributed by atoms with E-state index in [1.54, 1.807) is 0 Å². The number of benzene rings is 2. The van der Waals surface area contributed by atoms with Gasteiger partial charge in [0.05, 0.1) is 0 Å². The second-order valence-corrected chi connectivity index (χ2v) is 10.0. The van der Waals surface area contributed by atoms with E-state index in [-0.39, 0.29) is 17.7 Å². The summed E-state index contributed by atoms with van der Waals surface area (Å²) in [7, 11) is 0. The standard InChI is InChI=1S/C29H35N3O2/c33-28(21-8-4-1-2-5-9-21)31-25-15-12-20(13-16-25)27-19-23-18-22(14-17-26(23)32-27)29(34)30-24-10-6-3-7-11-24/h12-19,21,24,32H,1-11H2,(H,30,34)(H,31,33). The predicted octanol–water partition coefficient (Wildman–Crippen LogP) is 6.81. The zero-order chi connectivity index (χ0) is 23.3. The Kier molecular flexibility index (Phi) is 6.98. The van der Waals surface area contributed by atoms with Crippen LogP contribution < -0.4 is 10.6 Å². The van der Waals surface area contributed by atoms with Crippen LogP contribution in [0.1, 0.15) is 81.0 Å². The van der Waals surface area contributed by atoms with E-state index in [1.807, 2.05) is 42.5 Å². The van der Waals surface area contributed by atoms with Crippen LogP contribution >= 0.6 is 0 Å². The van der Waals surface area contributed by atoms with Crippen LogP contribution in [0.15, 0.2) is 48.5 Å². The second kappa shape index (κ2) is 10.5. The van der Waals surface area contributed by atoms with Crippen molar-refractivity contribution in [1.29, 1.82) is 0 Å². The van der Waals surface area contributed by atoms with Crippen molar-refractivity contribution in [3.8, 4) is 11.3 Å². The highest BCUT2D eigenvalue weighted by Gasteiger charge is 2.20. The quantitative estimate of drug-likeness (QED) is 0.368. The number of hydrogen-bond donors (Lipinski definition) is 3. The van der Waals surface area contributed by atoms with Crippen molar-refractivity contribution in [3.05, 3.63) is 54.1 Å². The SMILES string of the molecule is O=C(NC1CCCCC1)c1ccc2[nH]c(-c3ccc(NC(=O)C4CCCCCC4)cc3)cc2c1. The Balaban J connectivity index is 1.25. The highest BCUT2D eigenvalue weighted by molar-refractivity contribution is 5.99. The summed E-state index contributed by atoms with van der Waals surface area (Å²) in [4.78, 5) is 28.9. The Labute approximate surface area is 201 Å². The molecule has 1 aromatic heterocycles. The van der Waals surface area contributed by atoms with Gasteiger partial charge >= 0.3 is 0 Å². The van der Waals surface area contributed by atoms with Crippen molar-refractivity contribution in [1.82, 2.24) is 10.3 Å². The van der Waals surface area contributed by atoms with E-state index < -0.39 is 0 Å². The maximum Gasteiger partial charge on any atom is 0.251 e. The molecule has 5 heteroatoms. The van der Waals surface area contributed by atoms with E-state index in [9.17, 15) is 9.59 Å². The van der Waals surface area contributed by atoms with Gasteiger partial charge in [-0.05, 0) is 67.6 Å². The fourth-order valence-corrected chi connectivity index (χ4v) is 5.46. The summed E-state index contributed by atoms with van der Waals surface area (Å²) in [5, 5.41) is 7.33. The molecule has 5 nitrogen and oxygen atoms in total. The van der Waals surface area contributed by atoms with Crippen LogP contribution in [0.2, 0.25) is 0 Å². The van der Waals surface area contributed by atoms with Gasteiger partial charge in [-0.25, -0.2) is 0 Å². The average molecular weight is 458 g/mol. The van der Waals surface area contributed by atoms with Crippen molar-refractivity contribution in [2.24, 2.45) is 5.92 Å². The highest BCUT2D eigenvalue weighted by Crippen LogP contribution is 2.28. The van der Waals surface area contributed by atoms with E-state index in [1.165, 1.54) is 32.1 Å². The molecular formula is C29H35N3O2. The number of carbonyl (C=O) groups excluding carboxylic acids is 2. The van der Waals surface area contributed by atoms with Gasteiger partial charge < -0.3 is 15.6 Å². The third kappa shape index (κ3) is 5.35. The number of H-pyrrole nitrogens is 1. The summed E-state index contributed by atoms with van der Waals surface area (Å²) < 4.78 is 0. The summed E-state index contributed by atoms with van der Waals surface area (Å²) in [6.07, 6.45) is 12.6. The normalized spacial score (nSPS) is 17.9. The Morgan fingerprint density at radius 1 is 0.765 bits per heavy atom. The zero-order valence-electron chi connectivity index (χ0n) is 19.9. The fraction of sp³-hybridized carbons (Fsp3) is 0.448. The largest absolute Gasteiger partial charge is 0.355 e. The molecule has 0 unspecified atom stereocenters. The van der Waals surface area contributed by atoms with Gasteiger partial charge in [0.25, 0.3) is 5.91 Å². The van der Waals surface area contributed by atoms with E-state index in [2.05, 4.69) is 21.7 Å². The number of nitrogens with one attached hydrogen (secondary N) is 3. The molecule has 0 radical (unpaired) electrons. The van der Waals surface area contributed by atoms with Crippen molar-refractivity contribution < 1.29 is 9.59 Å². The number of aromatic amines is 1. The molecule has 2 aliphatic rings. The number of anilines is 1. The number of hydrogen-bond acceptors (Lipinski definition) is 2. The van der Waals surface area contributed by atoms with E-state index in [0.717, 1.165) is 66.4 Å². The molecule has 178 valence electrons. The third-order valence-corrected chi connectivity index (χ3v) is 7.51. The number of amides is 2. The van der Waals surface area contributed by atoms with Gasteiger partial charge in [0.2, 0.25) is 5.91 Å². The first kappa shape index (κ1) is 22.7. The Bertz CT molecular complexity index is 1130. The molecule has 0 bridgehead atoms. The van der Waals surface area contributed by atoms with Crippen LogP contribution in [0.5, 0.6) is 0 Å². The van der Waals surface area contributed by atoms with Crippen molar-refractivity contribution >= 4 is 28.4 Å². The van der Waals surface area contributed by atoms with Gasteiger partial charge in [0, 0.05) is 39.8 Å². The number of fused-ring (bicyclic) bond motifs is 1. The molecule has 0 spiro atoms. The lowest BCUT2D eigenvalue weighted by atomic mass is 9.95. The summed E-state index contributed by atoms with van der Waals surface area (Å²) in [6, 6.07) is 16.2. The van der Waals surface area contributed by atoms with Gasteiger partial charge in [-0.1, -0.05) is 57.1 Å². The third-order valence-electron chi connectivity index (χ3n) is 7.51. The van der Waals surface area contributed by atoms with E-state index in [4.69, 9.17) is 0 Å². The topological polar surface area (TPSA) is 74.0 Å². The highest BCUT2D eigenvalue weighted by atomic mass is 16.2. The Morgan fingerprint density at radius 3 is 2.18 bits per heavy atom. The van der Waals surface area contributed by atoms with Crippen LogP contribution in [0.4, 0.5) is 5.69 Å². The summed E-state index contributed by atoms with van der Waals surface area (Å²) >= 11 is 0. The van der Waals surface area contributed by atoms with Gasteiger partial charge in [-0.2, -0.15) is 0 Å². The molecule has 2 saturated carbocycles. The molecule has 34 heavy (non-hydrogen) atoms. The number of aromatic nitrogens is 1. The molecule has 2 aliphatic carbocycles. The Hall–Kier alpha value is -3.08. The minimum absolute atomic E-state index is 0.0188. The lowest BCUT2D eigenvalue weighted by molar-refractivity contribution is -0.120. The van der Waals surface area contributed by atoms with Gasteiger partial charge in [-0.3, -0.25) is 9.59 Å². The van der Waals surface area contributed by atoms with Crippen LogP contribution in [-0.2, 0) is 4.79 Å². The molecule has 2 amide bonds. The first-order valence-electron chi connectivity index (χ1n) is 13.0. The predicted molar refractivity (Wildman–Crippen MR) is 138 cm³/mol. The molecule has 2 aromatic carbocycles. The van der Waals surface area contributed by atoms with Crippen molar-refractivity contribution in [2.75, 3.05) is 5.32 Å². The van der Waals surface area contributed by atoms with E-state index in [0.29, 0.717) is 11.6 Å². The maximum absolute atomic E-state index is 12.7. The molecule has 0 aliphatic heterocycles. The molecule has 1 heterocycles. The molecule has 0 saturated heterocycles. The fourth-order valence-electron chi connectivity index (χ4n) is 5.46. The molecule has 2 fully saturated rings. The smallest absolute Gasteiger partial charge is 0.251 e. The molecular weight excluding hydrogens is 422 g/mol. The first-order valence-corrected chi connectivity index (χ1v) is 13.0. The molecule has 3 aromatic rings. The number of rotatable bonds is 5. The van der Waals surface area contributed by atoms with Gasteiger partial charge in [0.15, 0.2) is 0 Å². The van der Waals surface area contributed by atoms with Gasteiger partial charge in [0.1, 0.15) is 0 Å². The summed E-state index contributed by atoms with van der Waals surface area (Å²) in [6.45, 7) is 0. The zero-order valence-corrected chi connectivity index (χ0v) is 19.9. The molecule has 3 N–H and O–H groups in total. The molecule has 0 atom stereocenters. The minimum atomic E-state index is 0.0188. The second-order valence-electron chi connectivity index (χ2n) is 10.0. The minimum Gasteiger partial charge on any atom is -0.355 e. The average Bonchev–Trinajstić information content (AvgIpc) is 3.09. The van der Waals surface area contributed by atoms with Crippen LogP contribution in [0, 0.1) is 5.92 Å². The summed E-state index contributed by atoms with van der Waals surface area (Å²) in [5.74, 6) is 0.310. The van der Waals surface area contributed by atoms with Crippen LogP contribution in [-0.4, -0.2) is 22.8 Å². The van der Waals surface area contributed by atoms with Crippen molar-refractivity contribution in [2.45, 2.75) is 76.7 Å².